The van der Waals surface area contributed by atoms with Gasteiger partial charge in [-0.2, -0.15) is 0 Å². The average Bonchev–Trinajstić information content (AvgIpc) is 3.20. The van der Waals surface area contributed by atoms with E-state index in [0.717, 1.165) is 116 Å². The normalized spacial score (nSPS) is 15.8. The molecule has 11 rings (SSSR count). The van der Waals surface area contributed by atoms with Crippen LogP contribution in [0.4, 0.5) is 11.4 Å². The Hall–Kier alpha value is -5.96. The number of aliphatic hydroxyl groups excluding tert-OH is 2. The Morgan fingerprint density at radius 2 is 1.01 bits per heavy atom. The highest BCUT2D eigenvalue weighted by atomic mass is 127. The Morgan fingerprint density at radius 3 is 1.44 bits per heavy atom. The number of halogens is 3. The summed E-state index contributed by atoms with van der Waals surface area (Å²) in [5.74, 6) is 2.62. The highest BCUT2D eigenvalue weighted by Gasteiger charge is 2.51. The molecule has 4 aliphatic heterocycles. The number of nitrogens with one attached hydrogen (secondary N) is 1. The summed E-state index contributed by atoms with van der Waals surface area (Å²) >= 11 is 13.7. The number of rotatable bonds is 14. The number of hydrogen-bond donors (Lipinski definition) is 3. The molecule has 4 aliphatic rings. The predicted octanol–water partition coefficient (Wildman–Crippen LogP) is 9.67. The van der Waals surface area contributed by atoms with Gasteiger partial charge in [0, 0.05) is 86.9 Å². The minimum atomic E-state index is -0.398. The zero-order valence-electron chi connectivity index (χ0n) is 48.3. The van der Waals surface area contributed by atoms with Crippen LogP contribution < -0.4 is 39.5 Å². The maximum atomic E-state index is 9.63. The first kappa shape index (κ1) is 68.2. The molecule has 9 heterocycles. The van der Waals surface area contributed by atoms with Gasteiger partial charge in [0.05, 0.1) is 110 Å². The molecule has 2 aromatic carbocycles. The highest BCUT2D eigenvalue weighted by molar-refractivity contribution is 14.1. The van der Waals surface area contributed by atoms with E-state index in [1.165, 1.54) is 0 Å². The summed E-state index contributed by atoms with van der Waals surface area (Å²) in [7, 11) is 2.74. The first-order valence-corrected chi connectivity index (χ1v) is 29.4. The molecule has 0 saturated carbocycles. The van der Waals surface area contributed by atoms with Gasteiger partial charge in [0.2, 0.25) is 0 Å². The van der Waals surface area contributed by atoms with Crippen molar-refractivity contribution >= 4 is 69.7 Å². The van der Waals surface area contributed by atoms with Crippen LogP contribution >= 0.6 is 45.8 Å². The zero-order chi connectivity index (χ0) is 59.7. The van der Waals surface area contributed by atoms with Crippen LogP contribution in [-0.4, -0.2) is 147 Å². The van der Waals surface area contributed by atoms with Gasteiger partial charge in [-0.3, -0.25) is 15.0 Å². The molecule has 0 radical (unpaired) electrons. The molecule has 4 fully saturated rings. The molecule has 3 N–H and O–H groups in total. The first-order valence-electron chi connectivity index (χ1n) is 27.6. The molecule has 0 spiro atoms. The van der Waals surface area contributed by atoms with E-state index in [0.29, 0.717) is 50.1 Å². The Bertz CT molecular complexity index is 3040. The summed E-state index contributed by atoms with van der Waals surface area (Å²) < 4.78 is 51.1. The Balaban J connectivity index is 0.000000190. The lowest BCUT2D eigenvalue weighted by Gasteiger charge is -2.32. The molecule has 0 amide bonds. The third-order valence-electron chi connectivity index (χ3n) is 14.0. The van der Waals surface area contributed by atoms with Crippen molar-refractivity contribution in [1.29, 1.82) is 0 Å². The number of hydrogen-bond acceptors (Lipinski definition) is 19. The molecular formula is C62H78BCl2IN8O11. The third-order valence-corrected chi connectivity index (χ3v) is 15.8. The van der Waals surface area contributed by atoms with Gasteiger partial charge in [0.15, 0.2) is 5.15 Å². The van der Waals surface area contributed by atoms with E-state index in [1.807, 2.05) is 113 Å². The van der Waals surface area contributed by atoms with Gasteiger partial charge in [0.25, 0.3) is 0 Å². The highest BCUT2D eigenvalue weighted by Crippen LogP contribution is 2.37. The molecule has 4 saturated heterocycles. The Kier molecular flexibility index (Phi) is 28.1. The molecule has 5 aromatic heterocycles. The monoisotopic (exact) mass is 1320 g/mol. The maximum absolute atomic E-state index is 9.63. The van der Waals surface area contributed by atoms with Crippen LogP contribution in [0.2, 0.25) is 10.3 Å². The zero-order valence-corrected chi connectivity index (χ0v) is 52.0. The lowest BCUT2D eigenvalue weighted by Crippen LogP contribution is -2.41. The quantitative estimate of drug-likeness (QED) is 0.0526. The number of ether oxygens (including phenoxy) is 7. The van der Waals surface area contributed by atoms with Crippen molar-refractivity contribution in [2.75, 3.05) is 103 Å². The van der Waals surface area contributed by atoms with Gasteiger partial charge in [-0.25, -0.2) is 9.97 Å². The largest absolute Gasteiger partial charge is 0.496 e. The van der Waals surface area contributed by atoms with Crippen molar-refractivity contribution in [3.05, 3.63) is 164 Å². The number of nitrogens with zero attached hydrogens (tertiary/aromatic N) is 7. The van der Waals surface area contributed by atoms with Gasteiger partial charge < -0.3 is 67.8 Å². The molecule has 7 aromatic rings. The number of benzene rings is 2. The second kappa shape index (κ2) is 35.0. The third kappa shape index (κ3) is 20.0. The van der Waals surface area contributed by atoms with E-state index in [1.54, 1.807) is 51.1 Å². The summed E-state index contributed by atoms with van der Waals surface area (Å²) in [6.07, 6.45) is 8.47. The summed E-state index contributed by atoms with van der Waals surface area (Å²) in [5.41, 5.74) is 6.87. The Labute approximate surface area is 523 Å². The summed E-state index contributed by atoms with van der Waals surface area (Å²) in [4.78, 5) is 25.6. The summed E-state index contributed by atoms with van der Waals surface area (Å²) in [5, 5.41) is 23.5. The van der Waals surface area contributed by atoms with E-state index in [2.05, 4.69) is 68.7 Å². The molecule has 23 heteroatoms. The molecule has 0 aliphatic carbocycles. The number of aliphatic hydroxyl groups is 2. The van der Waals surface area contributed by atoms with E-state index < -0.39 is 7.12 Å². The molecule has 0 bridgehead atoms. The fourth-order valence-corrected chi connectivity index (χ4v) is 9.40. The Morgan fingerprint density at radius 1 is 0.565 bits per heavy atom. The fraction of sp³-hybridized carbons (Fsp3) is 0.403. The second-order valence-electron chi connectivity index (χ2n) is 20.0. The molecule has 19 nitrogen and oxygen atoms in total. The number of pyridine rings is 5. The maximum Gasteiger partial charge on any atom is 0.494 e. The van der Waals surface area contributed by atoms with E-state index in [9.17, 15) is 10.2 Å². The van der Waals surface area contributed by atoms with Crippen LogP contribution in [0.25, 0.3) is 11.3 Å². The van der Waals surface area contributed by atoms with Crippen molar-refractivity contribution in [1.82, 2.24) is 30.2 Å². The fourth-order valence-electron chi connectivity index (χ4n) is 8.69. The van der Waals surface area contributed by atoms with Gasteiger partial charge in [-0.15, -0.1) is 0 Å². The van der Waals surface area contributed by atoms with E-state index >= 15 is 0 Å². The minimum Gasteiger partial charge on any atom is -0.496 e. The topological polar surface area (TPSA) is 206 Å². The number of aromatic nitrogens is 5. The first-order chi connectivity index (χ1) is 40.7. The van der Waals surface area contributed by atoms with Gasteiger partial charge in [-0.1, -0.05) is 42.8 Å². The minimum absolute atomic E-state index is 0. The SMILES string of the molecule is C.C1COCCN1.COc1ccnc(COc2ccc(-c3ncccc3N3CCOCC3)cc2)c1CO.COc1ccnc(COc2ccc(B3OC(C)(C)C(C)(C)O3)cc2)c1CO.Clc1ncccc1I.Clc1ncccc1N1CCOCC1. The van der Waals surface area contributed by atoms with Crippen molar-refractivity contribution in [2.24, 2.45) is 0 Å². The van der Waals surface area contributed by atoms with Gasteiger partial charge in [0.1, 0.15) is 41.4 Å². The van der Waals surface area contributed by atoms with Crippen molar-refractivity contribution in [2.45, 2.75) is 72.8 Å². The lowest BCUT2D eigenvalue weighted by atomic mass is 9.79. The second-order valence-corrected chi connectivity index (χ2v) is 21.9. The lowest BCUT2D eigenvalue weighted by molar-refractivity contribution is 0.00578. The molecule has 0 unspecified atom stereocenters. The van der Waals surface area contributed by atoms with Crippen LogP contribution in [-0.2, 0) is 49.9 Å². The van der Waals surface area contributed by atoms with Crippen molar-refractivity contribution < 1.29 is 52.7 Å². The van der Waals surface area contributed by atoms with Gasteiger partial charge >= 0.3 is 7.12 Å². The standard InChI is InChI=1S/C23H25N3O4.C20H26BNO5.C9H11ClN2O.C5H3ClIN.C4H9NO.CH4/c1-28-22-8-10-24-20(19(22)15-27)16-30-18-6-4-17(5-7-18)23-21(3-2-9-25-23)26-11-13-29-14-12-26;1-19(2)20(3,4)27-21(26-19)14-6-8-15(9-7-14)25-13-17-16(12-23)18(24-5)10-11-22-17;10-9-8(2-1-3-11-9)12-4-6-13-7-5-12;6-5-4(7)2-1-3-8-5;1-3-6-4-2-5-1;/h2-10,27H,11-16H2,1H3;6-11,23H,12-13H2,1-5H3;1-3H,4-7H2;1-3H;5H,1-4H2;1H4. The molecule has 85 heavy (non-hydrogen) atoms. The van der Waals surface area contributed by atoms with Gasteiger partial charge in [-0.05, 0) is 141 Å². The molecule has 0 atom stereocenters. The predicted molar refractivity (Wildman–Crippen MR) is 342 cm³/mol. The van der Waals surface area contributed by atoms with Crippen LogP contribution in [0.5, 0.6) is 23.0 Å². The average molecular weight is 1320 g/mol. The summed E-state index contributed by atoms with van der Waals surface area (Å²) in [6.45, 7) is 18.6. The van der Waals surface area contributed by atoms with E-state index in [4.69, 9.17) is 65.7 Å². The van der Waals surface area contributed by atoms with Crippen LogP contribution in [0.1, 0.15) is 57.6 Å². The van der Waals surface area contributed by atoms with Crippen molar-refractivity contribution in [3.63, 3.8) is 0 Å². The summed E-state index contributed by atoms with van der Waals surface area (Å²) in [6, 6.07) is 30.6. The number of morpholine rings is 3. The van der Waals surface area contributed by atoms with E-state index in [-0.39, 0.29) is 45.1 Å². The number of anilines is 2. The van der Waals surface area contributed by atoms with Crippen LogP contribution in [0, 0.1) is 3.57 Å². The molecular weight excluding hydrogens is 1240 g/mol. The number of methoxy groups -OCH3 is 2. The molecule has 456 valence electrons. The van der Waals surface area contributed by atoms with Crippen molar-refractivity contribution in [3.8, 4) is 34.3 Å². The smallest absolute Gasteiger partial charge is 0.494 e. The van der Waals surface area contributed by atoms with Crippen LogP contribution in [0.3, 0.4) is 0 Å². The van der Waals surface area contributed by atoms with Crippen LogP contribution in [0.15, 0.2) is 128 Å².